The zero-order valence-electron chi connectivity index (χ0n) is 12.6. The molecule has 1 heterocycles. The minimum absolute atomic E-state index is 0.249. The van der Waals surface area contributed by atoms with Gasteiger partial charge in [0.2, 0.25) is 0 Å². The molecule has 2 heteroatoms. The van der Waals surface area contributed by atoms with Crippen molar-refractivity contribution < 1.29 is 5.11 Å². The summed E-state index contributed by atoms with van der Waals surface area (Å²) in [4.78, 5) is 4.34. The van der Waals surface area contributed by atoms with Gasteiger partial charge in [0.25, 0.3) is 0 Å². The fourth-order valence-electron chi connectivity index (χ4n) is 3.74. The predicted octanol–water partition coefficient (Wildman–Crippen LogP) is 4.27. The van der Waals surface area contributed by atoms with Crippen molar-refractivity contribution in [3.8, 4) is 0 Å². The van der Waals surface area contributed by atoms with E-state index >= 15 is 0 Å². The van der Waals surface area contributed by atoms with Crippen LogP contribution >= 0.6 is 0 Å². The van der Waals surface area contributed by atoms with Crippen molar-refractivity contribution in [1.29, 1.82) is 0 Å². The standard InChI is InChI=1S/C18H23NO/c1-13-10-17(2,3)8-9-18(13,20)16-12-19-11-14-6-4-5-7-15(14)16/h4-7,11-13,20H,8-10H2,1-3H3. The molecular weight excluding hydrogens is 246 g/mol. The van der Waals surface area contributed by atoms with E-state index in [0.29, 0.717) is 5.41 Å². The Hall–Kier alpha value is -1.41. The maximum absolute atomic E-state index is 11.3. The molecule has 1 N–H and O–H groups in total. The van der Waals surface area contributed by atoms with Crippen molar-refractivity contribution in [3.63, 3.8) is 0 Å². The molecule has 0 spiro atoms. The maximum Gasteiger partial charge on any atom is 0.0943 e. The Labute approximate surface area is 120 Å². The lowest BCUT2D eigenvalue weighted by molar-refractivity contribution is -0.0760. The second-order valence-corrected chi connectivity index (χ2v) is 7.10. The molecule has 0 radical (unpaired) electrons. The van der Waals surface area contributed by atoms with Gasteiger partial charge in [-0.15, -0.1) is 0 Å². The summed E-state index contributed by atoms with van der Waals surface area (Å²) in [7, 11) is 0. The van der Waals surface area contributed by atoms with Crippen LogP contribution in [0, 0.1) is 11.3 Å². The third kappa shape index (κ3) is 2.12. The average molecular weight is 269 g/mol. The first kappa shape index (κ1) is 13.6. The van der Waals surface area contributed by atoms with Gasteiger partial charge in [-0.25, -0.2) is 0 Å². The van der Waals surface area contributed by atoms with E-state index in [0.717, 1.165) is 35.6 Å². The monoisotopic (exact) mass is 269 g/mol. The van der Waals surface area contributed by atoms with Crippen LogP contribution in [0.1, 0.15) is 45.6 Å². The zero-order chi connectivity index (χ0) is 14.4. The lowest BCUT2D eigenvalue weighted by atomic mass is 9.63. The molecule has 1 aliphatic rings. The summed E-state index contributed by atoms with van der Waals surface area (Å²) in [6, 6.07) is 8.21. The van der Waals surface area contributed by atoms with E-state index in [2.05, 4.69) is 37.9 Å². The highest BCUT2D eigenvalue weighted by molar-refractivity contribution is 5.85. The summed E-state index contributed by atoms with van der Waals surface area (Å²) in [5, 5.41) is 13.5. The molecule has 3 rings (SSSR count). The minimum atomic E-state index is -0.747. The van der Waals surface area contributed by atoms with Crippen LogP contribution in [0.3, 0.4) is 0 Å². The molecule has 1 aromatic carbocycles. The number of benzene rings is 1. The molecule has 0 saturated heterocycles. The first-order valence-corrected chi connectivity index (χ1v) is 7.48. The van der Waals surface area contributed by atoms with Crippen molar-refractivity contribution in [1.82, 2.24) is 4.98 Å². The number of rotatable bonds is 1. The van der Waals surface area contributed by atoms with Gasteiger partial charge in [-0.3, -0.25) is 4.98 Å². The second kappa shape index (κ2) is 4.56. The lowest BCUT2D eigenvalue weighted by Crippen LogP contribution is -2.41. The molecule has 2 nitrogen and oxygen atoms in total. The minimum Gasteiger partial charge on any atom is -0.385 e. The van der Waals surface area contributed by atoms with Crippen molar-refractivity contribution in [3.05, 3.63) is 42.2 Å². The quantitative estimate of drug-likeness (QED) is 0.838. The SMILES string of the molecule is CC1CC(C)(C)CCC1(O)c1cncc2ccccc12. The highest BCUT2D eigenvalue weighted by Crippen LogP contribution is 2.49. The summed E-state index contributed by atoms with van der Waals surface area (Å²) in [6.45, 7) is 6.76. The molecule has 0 amide bonds. The van der Waals surface area contributed by atoms with E-state index in [1.807, 2.05) is 24.5 Å². The molecule has 1 aliphatic carbocycles. The van der Waals surface area contributed by atoms with Crippen LogP contribution in [-0.2, 0) is 5.60 Å². The molecule has 2 atom stereocenters. The largest absolute Gasteiger partial charge is 0.385 e. The van der Waals surface area contributed by atoms with Gasteiger partial charge >= 0.3 is 0 Å². The van der Waals surface area contributed by atoms with Gasteiger partial charge in [0, 0.05) is 23.3 Å². The van der Waals surface area contributed by atoms with Crippen molar-refractivity contribution in [2.45, 2.75) is 45.6 Å². The van der Waals surface area contributed by atoms with Gasteiger partial charge in [0.1, 0.15) is 0 Å². The van der Waals surface area contributed by atoms with E-state index in [9.17, 15) is 5.11 Å². The van der Waals surface area contributed by atoms with Gasteiger partial charge < -0.3 is 5.11 Å². The molecule has 2 unspecified atom stereocenters. The fraction of sp³-hybridized carbons (Fsp3) is 0.500. The summed E-state index contributed by atoms with van der Waals surface area (Å²) in [5.74, 6) is 0.249. The lowest BCUT2D eigenvalue weighted by Gasteiger charge is -2.45. The van der Waals surface area contributed by atoms with Gasteiger partial charge in [-0.2, -0.15) is 0 Å². The molecule has 0 bridgehead atoms. The number of pyridine rings is 1. The van der Waals surface area contributed by atoms with E-state index in [-0.39, 0.29) is 5.92 Å². The Morgan fingerprint density at radius 2 is 1.90 bits per heavy atom. The zero-order valence-corrected chi connectivity index (χ0v) is 12.6. The number of hydrogen-bond acceptors (Lipinski definition) is 2. The average Bonchev–Trinajstić information content (AvgIpc) is 2.42. The third-order valence-electron chi connectivity index (χ3n) is 4.99. The summed E-state index contributed by atoms with van der Waals surface area (Å²) >= 11 is 0. The van der Waals surface area contributed by atoms with Crippen LogP contribution in [-0.4, -0.2) is 10.1 Å². The van der Waals surface area contributed by atoms with Gasteiger partial charge in [-0.05, 0) is 36.0 Å². The smallest absolute Gasteiger partial charge is 0.0943 e. The first-order valence-electron chi connectivity index (χ1n) is 7.48. The van der Waals surface area contributed by atoms with Crippen LogP contribution in [0.5, 0.6) is 0 Å². The molecule has 2 aromatic rings. The number of aromatic nitrogens is 1. The van der Waals surface area contributed by atoms with Crippen LogP contribution in [0.4, 0.5) is 0 Å². The molecule has 20 heavy (non-hydrogen) atoms. The van der Waals surface area contributed by atoms with Crippen LogP contribution in [0.2, 0.25) is 0 Å². The fourth-order valence-corrected chi connectivity index (χ4v) is 3.74. The number of nitrogens with zero attached hydrogens (tertiary/aromatic N) is 1. The molecule has 1 fully saturated rings. The normalized spacial score (nSPS) is 29.5. The maximum atomic E-state index is 11.3. The topological polar surface area (TPSA) is 33.1 Å². The second-order valence-electron chi connectivity index (χ2n) is 7.10. The van der Waals surface area contributed by atoms with E-state index in [1.54, 1.807) is 0 Å². The number of fused-ring (bicyclic) bond motifs is 1. The van der Waals surface area contributed by atoms with Crippen LogP contribution in [0.25, 0.3) is 10.8 Å². The van der Waals surface area contributed by atoms with E-state index in [4.69, 9.17) is 0 Å². The van der Waals surface area contributed by atoms with Gasteiger partial charge in [-0.1, -0.05) is 45.0 Å². The molecular formula is C18H23NO. The highest BCUT2D eigenvalue weighted by atomic mass is 16.3. The number of hydrogen-bond donors (Lipinski definition) is 1. The van der Waals surface area contributed by atoms with Gasteiger partial charge in [0.15, 0.2) is 0 Å². The molecule has 1 saturated carbocycles. The van der Waals surface area contributed by atoms with Crippen LogP contribution in [0.15, 0.2) is 36.7 Å². The highest BCUT2D eigenvalue weighted by Gasteiger charge is 2.44. The molecule has 106 valence electrons. The van der Waals surface area contributed by atoms with Crippen molar-refractivity contribution >= 4 is 10.8 Å². The number of aliphatic hydroxyl groups is 1. The first-order chi connectivity index (χ1) is 9.42. The van der Waals surface area contributed by atoms with E-state index in [1.165, 1.54) is 0 Å². The van der Waals surface area contributed by atoms with Crippen LogP contribution < -0.4 is 0 Å². The Bertz CT molecular complexity index is 629. The predicted molar refractivity (Wildman–Crippen MR) is 82.4 cm³/mol. The Morgan fingerprint density at radius 3 is 2.65 bits per heavy atom. The molecule has 1 aromatic heterocycles. The Morgan fingerprint density at radius 1 is 1.15 bits per heavy atom. The molecule has 0 aliphatic heterocycles. The van der Waals surface area contributed by atoms with Crippen molar-refractivity contribution in [2.24, 2.45) is 11.3 Å². The Balaban J connectivity index is 2.10. The summed E-state index contributed by atoms with van der Waals surface area (Å²) in [5.41, 5.74) is 0.575. The summed E-state index contributed by atoms with van der Waals surface area (Å²) < 4.78 is 0. The third-order valence-corrected chi connectivity index (χ3v) is 4.99. The summed E-state index contributed by atoms with van der Waals surface area (Å²) in [6.07, 6.45) is 6.65. The van der Waals surface area contributed by atoms with E-state index < -0.39 is 5.60 Å². The van der Waals surface area contributed by atoms with Crippen molar-refractivity contribution in [2.75, 3.05) is 0 Å². The van der Waals surface area contributed by atoms with Gasteiger partial charge in [0.05, 0.1) is 5.60 Å². The Kier molecular flexibility index (Phi) is 3.09.